The lowest BCUT2D eigenvalue weighted by Gasteiger charge is -2.29. The van der Waals surface area contributed by atoms with Gasteiger partial charge in [0.15, 0.2) is 0 Å². The molecule has 1 aliphatic rings. The van der Waals surface area contributed by atoms with Crippen LogP contribution in [-0.2, 0) is 17.8 Å². The summed E-state index contributed by atoms with van der Waals surface area (Å²) in [5.74, 6) is 0.0236. The summed E-state index contributed by atoms with van der Waals surface area (Å²) in [4.78, 5) is 50.2. The van der Waals surface area contributed by atoms with Crippen LogP contribution < -0.4 is 15.4 Å². The number of hydrogen-bond donors (Lipinski definition) is 2. The molecule has 2 aromatic carbocycles. The Balaban J connectivity index is 1.42. The summed E-state index contributed by atoms with van der Waals surface area (Å²) in [6.45, 7) is 1.97. The van der Waals surface area contributed by atoms with E-state index in [1.165, 1.54) is 6.20 Å². The van der Waals surface area contributed by atoms with Crippen molar-refractivity contribution in [2.24, 2.45) is 0 Å². The number of benzene rings is 2. The van der Waals surface area contributed by atoms with Crippen molar-refractivity contribution < 1.29 is 19.1 Å². The highest BCUT2D eigenvalue weighted by molar-refractivity contribution is 6.31. The van der Waals surface area contributed by atoms with Gasteiger partial charge in [-0.3, -0.25) is 19.4 Å². The Hall–Kier alpha value is -4.76. The Labute approximate surface area is 236 Å². The average molecular weight is 556 g/mol. The number of anilines is 2. The molecule has 2 N–H and O–H groups in total. The lowest BCUT2D eigenvalue weighted by Crippen LogP contribution is -2.46. The van der Waals surface area contributed by atoms with E-state index in [0.717, 1.165) is 5.56 Å². The molecule has 0 aliphatic carbocycles. The van der Waals surface area contributed by atoms with E-state index in [4.69, 9.17) is 16.3 Å². The predicted octanol–water partition coefficient (Wildman–Crippen LogP) is 4.91. The van der Waals surface area contributed by atoms with E-state index in [2.05, 4.69) is 20.6 Å². The molecule has 3 heterocycles. The van der Waals surface area contributed by atoms with Crippen LogP contribution in [0.4, 0.5) is 11.5 Å². The molecule has 202 valence electrons. The summed E-state index contributed by atoms with van der Waals surface area (Å²) < 4.78 is 5.10. The van der Waals surface area contributed by atoms with Crippen LogP contribution in [0.15, 0.2) is 79.1 Å². The van der Waals surface area contributed by atoms with Gasteiger partial charge in [-0.25, -0.2) is 4.98 Å². The average Bonchev–Trinajstić information content (AvgIpc) is 3.03. The van der Waals surface area contributed by atoms with Gasteiger partial charge in [-0.15, -0.1) is 0 Å². The summed E-state index contributed by atoms with van der Waals surface area (Å²) in [6, 6.07) is 18.1. The minimum absolute atomic E-state index is 0.147. The largest absolute Gasteiger partial charge is 0.495 e. The molecule has 0 spiro atoms. The molecule has 0 bridgehead atoms. The van der Waals surface area contributed by atoms with Crippen LogP contribution in [0.2, 0.25) is 5.02 Å². The van der Waals surface area contributed by atoms with E-state index < -0.39 is 6.04 Å². The highest BCUT2D eigenvalue weighted by Crippen LogP contribution is 2.29. The smallest absolute Gasteiger partial charge is 0.257 e. The fourth-order valence-corrected chi connectivity index (χ4v) is 4.77. The summed E-state index contributed by atoms with van der Waals surface area (Å²) in [6.07, 6.45) is 3.40. The van der Waals surface area contributed by atoms with Crippen LogP contribution in [-0.4, -0.2) is 45.7 Å². The molecule has 3 amide bonds. The third-order valence-corrected chi connectivity index (χ3v) is 6.88. The van der Waals surface area contributed by atoms with Crippen LogP contribution in [0.5, 0.6) is 5.75 Å². The first kappa shape index (κ1) is 26.8. The second-order valence-electron chi connectivity index (χ2n) is 9.34. The lowest BCUT2D eigenvalue weighted by atomic mass is 10.0. The van der Waals surface area contributed by atoms with Crippen molar-refractivity contribution >= 4 is 40.8 Å². The van der Waals surface area contributed by atoms with Crippen LogP contribution >= 0.6 is 11.6 Å². The monoisotopic (exact) mass is 555 g/mol. The first-order chi connectivity index (χ1) is 19.3. The van der Waals surface area contributed by atoms with Gasteiger partial charge < -0.3 is 20.3 Å². The van der Waals surface area contributed by atoms with E-state index in [-0.39, 0.29) is 30.7 Å². The summed E-state index contributed by atoms with van der Waals surface area (Å²) in [5.41, 5.74) is 3.34. The number of amides is 3. The Kier molecular flexibility index (Phi) is 7.75. The van der Waals surface area contributed by atoms with E-state index in [1.54, 1.807) is 66.7 Å². The number of nitrogens with zero attached hydrogens (tertiary/aromatic N) is 3. The van der Waals surface area contributed by atoms with E-state index >= 15 is 0 Å². The molecule has 1 unspecified atom stereocenters. The first-order valence-electron chi connectivity index (χ1n) is 12.5. The Morgan fingerprint density at radius 3 is 2.62 bits per heavy atom. The van der Waals surface area contributed by atoms with Gasteiger partial charge >= 0.3 is 0 Å². The first-order valence-corrected chi connectivity index (χ1v) is 12.9. The molecule has 5 rings (SSSR count). The second kappa shape index (κ2) is 11.5. The number of hydrogen-bond acceptors (Lipinski definition) is 6. The number of halogens is 1. The van der Waals surface area contributed by atoms with Gasteiger partial charge in [-0.1, -0.05) is 29.8 Å². The molecule has 9 nitrogen and oxygen atoms in total. The number of ether oxygens (including phenoxy) is 1. The van der Waals surface area contributed by atoms with Crippen molar-refractivity contribution in [1.29, 1.82) is 0 Å². The molecule has 2 aromatic heterocycles. The number of aryl methyl sites for hydroxylation is 1. The van der Waals surface area contributed by atoms with E-state index in [0.29, 0.717) is 44.7 Å². The molecule has 4 aromatic rings. The number of rotatable bonds is 7. The number of nitrogens with one attached hydrogen (secondary N) is 2. The van der Waals surface area contributed by atoms with Crippen molar-refractivity contribution in [3.63, 3.8) is 0 Å². The zero-order valence-electron chi connectivity index (χ0n) is 21.8. The van der Waals surface area contributed by atoms with Gasteiger partial charge in [-0.2, -0.15) is 0 Å². The molecule has 1 atom stereocenters. The third-order valence-electron chi connectivity index (χ3n) is 6.64. The number of carbonyl (C=O) groups is 3. The van der Waals surface area contributed by atoms with Gasteiger partial charge in [0.1, 0.15) is 17.6 Å². The molecule has 0 fully saturated rings. The number of methoxy groups -OCH3 is 1. The summed E-state index contributed by atoms with van der Waals surface area (Å²) >= 11 is 6.15. The van der Waals surface area contributed by atoms with Gasteiger partial charge in [0, 0.05) is 35.4 Å². The minimum Gasteiger partial charge on any atom is -0.495 e. The van der Waals surface area contributed by atoms with Gasteiger partial charge in [0.2, 0.25) is 5.91 Å². The van der Waals surface area contributed by atoms with Gasteiger partial charge in [-0.05, 0) is 66.6 Å². The Morgan fingerprint density at radius 2 is 1.93 bits per heavy atom. The van der Waals surface area contributed by atoms with Crippen molar-refractivity contribution in [3.05, 3.63) is 112 Å². The fourth-order valence-electron chi connectivity index (χ4n) is 4.60. The number of fused-ring (bicyclic) bond motifs is 1. The number of pyridine rings is 2. The van der Waals surface area contributed by atoms with Crippen molar-refractivity contribution in [2.45, 2.75) is 25.9 Å². The highest BCUT2D eigenvalue weighted by Gasteiger charge is 2.36. The van der Waals surface area contributed by atoms with Crippen molar-refractivity contribution in [3.8, 4) is 5.75 Å². The second-order valence-corrected chi connectivity index (χ2v) is 9.78. The standard InChI is InChI=1S/C30H26ClN5O4/c1-18-13-19(6-9-23(18)28(37)35-27-11-8-22(40-2)16-33-27)17-36-26(15-21-5-3-4-12-32-21)29(38)34-25-14-20(31)7-10-24(25)30(36)39/h3-14,16,26H,15,17H2,1-2H3,(H,34,38)(H,33,35,37). The zero-order chi connectivity index (χ0) is 28.2. The van der Waals surface area contributed by atoms with Crippen molar-refractivity contribution in [2.75, 3.05) is 17.7 Å². The number of carbonyl (C=O) groups excluding carboxylic acids is 3. The maximum Gasteiger partial charge on any atom is 0.257 e. The molecule has 40 heavy (non-hydrogen) atoms. The van der Waals surface area contributed by atoms with Crippen LogP contribution in [0, 0.1) is 6.92 Å². The highest BCUT2D eigenvalue weighted by atomic mass is 35.5. The molecule has 0 radical (unpaired) electrons. The Morgan fingerprint density at radius 1 is 1.07 bits per heavy atom. The number of aromatic nitrogens is 2. The molecular formula is C30H26ClN5O4. The van der Waals surface area contributed by atoms with Crippen LogP contribution in [0.1, 0.15) is 37.5 Å². The van der Waals surface area contributed by atoms with E-state index in [9.17, 15) is 14.4 Å². The van der Waals surface area contributed by atoms with Crippen LogP contribution in [0.25, 0.3) is 0 Å². The van der Waals surface area contributed by atoms with Crippen LogP contribution in [0.3, 0.4) is 0 Å². The molecule has 0 saturated heterocycles. The SMILES string of the molecule is COc1ccc(NC(=O)c2ccc(CN3C(=O)c4ccc(Cl)cc4NC(=O)C3Cc3ccccn3)cc2C)nc1. The maximum atomic E-state index is 13.8. The fraction of sp³-hybridized carbons (Fsp3) is 0.167. The Bertz CT molecular complexity index is 1580. The normalized spacial score (nSPS) is 14.7. The predicted molar refractivity (Wildman–Crippen MR) is 152 cm³/mol. The minimum atomic E-state index is -0.821. The lowest BCUT2D eigenvalue weighted by molar-refractivity contribution is -0.120. The molecule has 1 aliphatic heterocycles. The zero-order valence-corrected chi connectivity index (χ0v) is 22.6. The molecule has 0 saturated carbocycles. The van der Waals surface area contributed by atoms with Gasteiger partial charge in [0.25, 0.3) is 11.8 Å². The van der Waals surface area contributed by atoms with Crippen molar-refractivity contribution in [1.82, 2.24) is 14.9 Å². The van der Waals surface area contributed by atoms with E-state index in [1.807, 2.05) is 25.1 Å². The summed E-state index contributed by atoms with van der Waals surface area (Å²) in [7, 11) is 1.54. The molecule has 10 heteroatoms. The maximum absolute atomic E-state index is 13.8. The van der Waals surface area contributed by atoms with Gasteiger partial charge in [0.05, 0.1) is 24.6 Å². The summed E-state index contributed by atoms with van der Waals surface area (Å²) in [5, 5.41) is 6.06. The third kappa shape index (κ3) is 5.79. The topological polar surface area (TPSA) is 114 Å². The quantitative estimate of drug-likeness (QED) is 0.335. The molecular weight excluding hydrogens is 530 g/mol.